The highest BCUT2D eigenvalue weighted by molar-refractivity contribution is 5.83. The number of amides is 1. The minimum absolute atomic E-state index is 0.0110. The second-order valence-corrected chi connectivity index (χ2v) is 10.7. The highest BCUT2D eigenvalue weighted by atomic mass is 19.4. The molecule has 1 saturated heterocycles. The van der Waals surface area contributed by atoms with Gasteiger partial charge in [0.2, 0.25) is 5.91 Å². The molecule has 0 radical (unpaired) electrons. The smallest absolute Gasteiger partial charge is 0.416 e. The third kappa shape index (κ3) is 6.97. The summed E-state index contributed by atoms with van der Waals surface area (Å²) in [6, 6.07) is 22.9. The molecule has 38 heavy (non-hydrogen) atoms. The first-order valence-corrected chi connectivity index (χ1v) is 13.4. The molecule has 0 spiro atoms. The molecule has 3 aromatic carbocycles. The van der Waals surface area contributed by atoms with E-state index in [1.807, 2.05) is 54.3 Å². The highest BCUT2D eigenvalue weighted by Gasteiger charge is 2.34. The topological polar surface area (TPSA) is 29.5 Å². The molecule has 4 rings (SSSR count). The van der Waals surface area contributed by atoms with Crippen LogP contribution in [0.3, 0.4) is 0 Å². The minimum atomic E-state index is -4.40. The summed E-state index contributed by atoms with van der Waals surface area (Å²) in [6.45, 7) is 7.56. The van der Waals surface area contributed by atoms with E-state index in [1.165, 1.54) is 17.7 Å². The Morgan fingerprint density at radius 1 is 0.947 bits per heavy atom. The summed E-state index contributed by atoms with van der Waals surface area (Å²) in [5.74, 6) is 0.769. The third-order valence-corrected chi connectivity index (χ3v) is 7.24. The van der Waals surface area contributed by atoms with Gasteiger partial charge in [-0.05, 0) is 73.1 Å². The van der Waals surface area contributed by atoms with E-state index in [0.717, 1.165) is 42.5 Å². The molecule has 0 bridgehead atoms. The second kappa shape index (κ2) is 12.1. The fourth-order valence-electron chi connectivity index (χ4n) is 5.28. The van der Waals surface area contributed by atoms with E-state index >= 15 is 0 Å². The van der Waals surface area contributed by atoms with Gasteiger partial charge in [0.05, 0.1) is 11.5 Å². The molecular formula is C32H36F3NO2. The molecular weight excluding hydrogens is 487 g/mol. The van der Waals surface area contributed by atoms with Gasteiger partial charge in [0.25, 0.3) is 0 Å². The van der Waals surface area contributed by atoms with Crippen molar-refractivity contribution in [1.82, 2.24) is 4.90 Å². The second-order valence-electron chi connectivity index (χ2n) is 10.7. The maximum atomic E-state index is 13.6. The molecule has 3 nitrogen and oxygen atoms in total. The van der Waals surface area contributed by atoms with Gasteiger partial charge in [0, 0.05) is 19.0 Å². The number of hydrogen-bond acceptors (Lipinski definition) is 2. The van der Waals surface area contributed by atoms with Crippen molar-refractivity contribution in [3.63, 3.8) is 0 Å². The van der Waals surface area contributed by atoms with Crippen molar-refractivity contribution >= 4 is 5.91 Å². The molecule has 6 heteroatoms. The zero-order chi connectivity index (χ0) is 27.3. The number of carbonyl (C=O) groups is 1. The quantitative estimate of drug-likeness (QED) is 0.299. The van der Waals surface area contributed by atoms with E-state index in [-0.39, 0.29) is 23.8 Å². The molecule has 3 atom stereocenters. The Morgan fingerprint density at radius 3 is 2.29 bits per heavy atom. The van der Waals surface area contributed by atoms with Gasteiger partial charge in [0.1, 0.15) is 11.9 Å². The molecule has 202 valence electrons. The molecule has 3 aromatic rings. The van der Waals surface area contributed by atoms with Crippen LogP contribution in [0.1, 0.15) is 67.9 Å². The number of likely N-dealkylation sites (tertiary alicyclic amines) is 1. The zero-order valence-electron chi connectivity index (χ0n) is 22.2. The average Bonchev–Trinajstić information content (AvgIpc) is 2.91. The minimum Gasteiger partial charge on any atom is -0.485 e. The van der Waals surface area contributed by atoms with Crippen LogP contribution < -0.4 is 4.74 Å². The van der Waals surface area contributed by atoms with E-state index < -0.39 is 11.7 Å². The standard InChI is InChI=1S/C32H36F3NO2/c1-22(2)19-24-9-7-12-26(20-24)23(3)31(37)36-18-8-13-27(21-36)30(25-10-5-4-6-11-25)38-29-16-14-28(15-17-29)32(33,34)35/h4-7,9-12,14-17,20,22-23,27,30H,8,13,18-19,21H2,1-3H3/t23?,27-,30+/m1/s1. The van der Waals surface area contributed by atoms with Crippen molar-refractivity contribution in [2.45, 2.75) is 58.2 Å². The van der Waals surface area contributed by atoms with Gasteiger partial charge in [-0.15, -0.1) is 0 Å². The first-order chi connectivity index (χ1) is 18.1. The summed E-state index contributed by atoms with van der Waals surface area (Å²) >= 11 is 0. The number of ether oxygens (including phenoxy) is 1. The van der Waals surface area contributed by atoms with Crippen LogP contribution in [0, 0.1) is 11.8 Å². The monoisotopic (exact) mass is 523 g/mol. The van der Waals surface area contributed by atoms with Crippen LogP contribution in [0.15, 0.2) is 78.9 Å². The van der Waals surface area contributed by atoms with Crippen LogP contribution in [-0.2, 0) is 17.4 Å². The van der Waals surface area contributed by atoms with Gasteiger partial charge in [-0.2, -0.15) is 13.2 Å². The number of carbonyl (C=O) groups excluding carboxylic acids is 1. The third-order valence-electron chi connectivity index (χ3n) is 7.24. The lowest BCUT2D eigenvalue weighted by atomic mass is 9.87. The summed E-state index contributed by atoms with van der Waals surface area (Å²) in [5.41, 5.74) is 2.50. The lowest BCUT2D eigenvalue weighted by molar-refractivity contribution is -0.137. The van der Waals surface area contributed by atoms with Gasteiger partial charge in [-0.25, -0.2) is 0 Å². The highest BCUT2D eigenvalue weighted by Crippen LogP contribution is 2.36. The van der Waals surface area contributed by atoms with Crippen molar-refractivity contribution in [2.75, 3.05) is 13.1 Å². The lowest BCUT2D eigenvalue weighted by Gasteiger charge is -2.38. The van der Waals surface area contributed by atoms with Crippen LogP contribution in [0.5, 0.6) is 5.75 Å². The summed E-state index contributed by atoms with van der Waals surface area (Å²) < 4.78 is 45.5. The molecule has 1 unspecified atom stereocenters. The SMILES string of the molecule is CC(C)Cc1cccc(C(C)C(=O)N2CCC[C@@H]([C@@H](Oc3ccc(C(F)(F)F)cc3)c3ccccc3)C2)c1. The molecule has 0 saturated carbocycles. The summed E-state index contributed by atoms with van der Waals surface area (Å²) in [6.07, 6.45) is -2.10. The number of piperidine rings is 1. The molecule has 0 N–H and O–H groups in total. The Hall–Kier alpha value is -3.28. The Morgan fingerprint density at radius 2 is 1.63 bits per heavy atom. The summed E-state index contributed by atoms with van der Waals surface area (Å²) in [7, 11) is 0. The van der Waals surface area contributed by atoms with Crippen LogP contribution in [-0.4, -0.2) is 23.9 Å². The Bertz CT molecular complexity index is 1190. The Labute approximate surface area is 223 Å². The predicted molar refractivity (Wildman–Crippen MR) is 144 cm³/mol. The van der Waals surface area contributed by atoms with Crippen molar-refractivity contribution in [2.24, 2.45) is 11.8 Å². The van der Waals surface area contributed by atoms with E-state index in [9.17, 15) is 18.0 Å². The van der Waals surface area contributed by atoms with Crippen LogP contribution in [0.4, 0.5) is 13.2 Å². The van der Waals surface area contributed by atoms with Gasteiger partial charge in [-0.1, -0.05) is 68.4 Å². The van der Waals surface area contributed by atoms with Crippen LogP contribution >= 0.6 is 0 Å². The maximum Gasteiger partial charge on any atom is 0.416 e. The van der Waals surface area contributed by atoms with Crippen LogP contribution in [0.2, 0.25) is 0 Å². The maximum absolute atomic E-state index is 13.6. The molecule has 1 amide bonds. The van der Waals surface area contributed by atoms with E-state index in [4.69, 9.17) is 4.74 Å². The van der Waals surface area contributed by atoms with E-state index in [0.29, 0.717) is 24.8 Å². The predicted octanol–water partition coefficient (Wildman–Crippen LogP) is 8.07. The van der Waals surface area contributed by atoms with E-state index in [2.05, 4.69) is 26.0 Å². The normalized spacial score (nSPS) is 17.8. The Balaban J connectivity index is 1.52. The number of hydrogen-bond donors (Lipinski definition) is 0. The number of nitrogens with zero attached hydrogens (tertiary/aromatic N) is 1. The first-order valence-electron chi connectivity index (χ1n) is 13.4. The summed E-state index contributed by atoms with van der Waals surface area (Å²) in [4.78, 5) is 15.5. The van der Waals surface area contributed by atoms with Gasteiger partial charge in [0.15, 0.2) is 0 Å². The van der Waals surface area contributed by atoms with Crippen molar-refractivity contribution in [1.29, 1.82) is 0 Å². The summed E-state index contributed by atoms with van der Waals surface area (Å²) in [5, 5.41) is 0. The molecule has 1 heterocycles. The fraction of sp³-hybridized carbons (Fsp3) is 0.406. The number of rotatable bonds is 8. The van der Waals surface area contributed by atoms with Crippen molar-refractivity contribution < 1.29 is 22.7 Å². The molecule has 0 aliphatic carbocycles. The molecule has 1 aliphatic rings. The molecule has 0 aromatic heterocycles. The average molecular weight is 524 g/mol. The molecule has 1 fully saturated rings. The number of benzene rings is 3. The number of halogens is 3. The Kier molecular flexibility index (Phi) is 8.80. The van der Waals surface area contributed by atoms with Gasteiger partial charge >= 0.3 is 6.18 Å². The van der Waals surface area contributed by atoms with Crippen LogP contribution in [0.25, 0.3) is 0 Å². The first kappa shape index (κ1) is 27.7. The lowest BCUT2D eigenvalue weighted by Crippen LogP contribution is -2.44. The van der Waals surface area contributed by atoms with Crippen molar-refractivity contribution in [3.8, 4) is 5.75 Å². The van der Waals surface area contributed by atoms with Crippen molar-refractivity contribution in [3.05, 3.63) is 101 Å². The van der Waals surface area contributed by atoms with Gasteiger partial charge in [-0.3, -0.25) is 4.79 Å². The number of alkyl halides is 3. The van der Waals surface area contributed by atoms with Gasteiger partial charge < -0.3 is 9.64 Å². The molecule has 1 aliphatic heterocycles. The zero-order valence-corrected chi connectivity index (χ0v) is 22.2. The fourth-order valence-corrected chi connectivity index (χ4v) is 5.28. The largest absolute Gasteiger partial charge is 0.485 e. The van der Waals surface area contributed by atoms with E-state index in [1.54, 1.807) is 0 Å².